The van der Waals surface area contributed by atoms with E-state index >= 15 is 0 Å². The van der Waals surface area contributed by atoms with Gasteiger partial charge in [-0.2, -0.15) is 0 Å². The molecular formula is C12H12BrClN2O. The van der Waals surface area contributed by atoms with Crippen molar-refractivity contribution in [2.45, 2.75) is 18.8 Å². The Kier molecular flexibility index (Phi) is 3.11. The standard InChI is InChI=1S/C12H12BrClN2O/c13-9-5-10(14)12-15-11(7-16(12)6-9)8-1-3-17-4-2-8/h5-8H,1-4H2. The van der Waals surface area contributed by atoms with E-state index in [9.17, 15) is 0 Å². The quantitative estimate of drug-likeness (QED) is 0.803. The second-order valence-corrected chi connectivity index (χ2v) is 5.61. The number of hydrogen-bond donors (Lipinski definition) is 0. The molecule has 17 heavy (non-hydrogen) atoms. The van der Waals surface area contributed by atoms with Crippen LogP contribution in [0.15, 0.2) is 22.9 Å². The highest BCUT2D eigenvalue weighted by Crippen LogP contribution is 2.29. The van der Waals surface area contributed by atoms with Crippen LogP contribution < -0.4 is 0 Å². The zero-order valence-electron chi connectivity index (χ0n) is 9.20. The fourth-order valence-electron chi connectivity index (χ4n) is 2.23. The van der Waals surface area contributed by atoms with Crippen molar-refractivity contribution in [1.29, 1.82) is 0 Å². The zero-order valence-corrected chi connectivity index (χ0v) is 11.5. The number of rotatable bonds is 1. The van der Waals surface area contributed by atoms with Gasteiger partial charge in [0.15, 0.2) is 5.65 Å². The first-order valence-electron chi connectivity index (χ1n) is 5.65. The Morgan fingerprint density at radius 2 is 2.12 bits per heavy atom. The summed E-state index contributed by atoms with van der Waals surface area (Å²) in [6, 6.07) is 1.87. The maximum Gasteiger partial charge on any atom is 0.155 e. The van der Waals surface area contributed by atoms with Crippen LogP contribution in [0.2, 0.25) is 5.02 Å². The van der Waals surface area contributed by atoms with Crippen molar-refractivity contribution in [3.63, 3.8) is 0 Å². The van der Waals surface area contributed by atoms with Gasteiger partial charge >= 0.3 is 0 Å². The Hall–Kier alpha value is -0.580. The second-order valence-electron chi connectivity index (χ2n) is 4.29. The third-order valence-electron chi connectivity index (χ3n) is 3.13. The molecule has 1 fully saturated rings. The summed E-state index contributed by atoms with van der Waals surface area (Å²) in [5, 5.41) is 0.678. The largest absolute Gasteiger partial charge is 0.381 e. The highest BCUT2D eigenvalue weighted by molar-refractivity contribution is 9.10. The van der Waals surface area contributed by atoms with Gasteiger partial charge in [-0.1, -0.05) is 11.6 Å². The minimum absolute atomic E-state index is 0.499. The van der Waals surface area contributed by atoms with Gasteiger partial charge in [0, 0.05) is 36.0 Å². The fraction of sp³-hybridized carbons (Fsp3) is 0.417. The van der Waals surface area contributed by atoms with Gasteiger partial charge in [-0.3, -0.25) is 0 Å². The first-order chi connectivity index (χ1) is 8.24. The molecule has 0 N–H and O–H groups in total. The van der Waals surface area contributed by atoms with Gasteiger partial charge < -0.3 is 9.14 Å². The number of nitrogens with zero attached hydrogens (tertiary/aromatic N) is 2. The Morgan fingerprint density at radius 3 is 2.88 bits per heavy atom. The first-order valence-corrected chi connectivity index (χ1v) is 6.82. The Bertz CT molecular complexity index is 549. The summed E-state index contributed by atoms with van der Waals surface area (Å²) in [5.74, 6) is 0.499. The normalized spacial score (nSPS) is 17.8. The number of fused-ring (bicyclic) bond motifs is 1. The third-order valence-corrected chi connectivity index (χ3v) is 3.84. The molecule has 1 aliphatic rings. The third kappa shape index (κ3) is 2.21. The number of halogens is 2. The maximum atomic E-state index is 6.18. The predicted molar refractivity (Wildman–Crippen MR) is 70.7 cm³/mol. The number of hydrogen-bond acceptors (Lipinski definition) is 2. The summed E-state index contributed by atoms with van der Waals surface area (Å²) in [4.78, 5) is 4.63. The molecule has 3 rings (SSSR count). The number of ether oxygens (including phenoxy) is 1. The SMILES string of the molecule is Clc1cc(Br)cn2cc(C3CCOCC3)nc12. The molecule has 0 bridgehead atoms. The van der Waals surface area contributed by atoms with E-state index in [1.54, 1.807) is 0 Å². The molecule has 0 unspecified atom stereocenters. The monoisotopic (exact) mass is 314 g/mol. The summed E-state index contributed by atoms with van der Waals surface area (Å²) in [6.07, 6.45) is 6.14. The molecule has 3 nitrogen and oxygen atoms in total. The molecule has 3 heterocycles. The molecule has 1 aliphatic heterocycles. The fourth-order valence-corrected chi connectivity index (χ4v) is 3.07. The molecule has 0 saturated carbocycles. The van der Waals surface area contributed by atoms with Crippen molar-refractivity contribution in [1.82, 2.24) is 9.38 Å². The van der Waals surface area contributed by atoms with Crippen LogP contribution in [0, 0.1) is 0 Å². The average molecular weight is 316 g/mol. The molecule has 0 spiro atoms. The van der Waals surface area contributed by atoms with Crippen molar-refractivity contribution in [2.24, 2.45) is 0 Å². The molecule has 5 heteroatoms. The van der Waals surface area contributed by atoms with Gasteiger partial charge in [0.1, 0.15) is 0 Å². The van der Waals surface area contributed by atoms with Crippen LogP contribution in [-0.2, 0) is 4.74 Å². The van der Waals surface area contributed by atoms with E-state index in [0.29, 0.717) is 10.9 Å². The van der Waals surface area contributed by atoms with Crippen LogP contribution >= 0.6 is 27.5 Å². The summed E-state index contributed by atoms with van der Waals surface area (Å²) >= 11 is 9.61. The van der Waals surface area contributed by atoms with Gasteiger partial charge in [0.2, 0.25) is 0 Å². The molecule has 0 aliphatic carbocycles. The smallest absolute Gasteiger partial charge is 0.155 e. The van der Waals surface area contributed by atoms with Gasteiger partial charge in [0.25, 0.3) is 0 Å². The van der Waals surface area contributed by atoms with E-state index in [0.717, 1.165) is 41.9 Å². The highest BCUT2D eigenvalue weighted by Gasteiger charge is 2.19. The average Bonchev–Trinajstić information content (AvgIpc) is 2.74. The summed E-state index contributed by atoms with van der Waals surface area (Å²) in [7, 11) is 0. The van der Waals surface area contributed by atoms with Crippen molar-refractivity contribution in [2.75, 3.05) is 13.2 Å². The van der Waals surface area contributed by atoms with E-state index in [4.69, 9.17) is 16.3 Å². The number of imidazole rings is 1. The lowest BCUT2D eigenvalue weighted by Gasteiger charge is -2.19. The minimum atomic E-state index is 0.499. The van der Waals surface area contributed by atoms with E-state index < -0.39 is 0 Å². The van der Waals surface area contributed by atoms with Crippen molar-refractivity contribution < 1.29 is 4.74 Å². The van der Waals surface area contributed by atoms with Crippen molar-refractivity contribution in [3.8, 4) is 0 Å². The van der Waals surface area contributed by atoms with E-state index in [1.165, 1.54) is 0 Å². The molecule has 0 radical (unpaired) electrons. The lowest BCUT2D eigenvalue weighted by atomic mass is 9.97. The summed E-state index contributed by atoms with van der Waals surface area (Å²) < 4.78 is 8.32. The Morgan fingerprint density at radius 1 is 1.35 bits per heavy atom. The van der Waals surface area contributed by atoms with E-state index in [1.807, 2.05) is 16.7 Å². The Balaban J connectivity index is 2.03. The van der Waals surface area contributed by atoms with Crippen LogP contribution in [0.1, 0.15) is 24.5 Å². The first kappa shape index (κ1) is 11.5. The minimum Gasteiger partial charge on any atom is -0.381 e. The highest BCUT2D eigenvalue weighted by atomic mass is 79.9. The number of aromatic nitrogens is 2. The van der Waals surface area contributed by atoms with Crippen LogP contribution in [0.4, 0.5) is 0 Å². The van der Waals surface area contributed by atoms with Crippen LogP contribution in [0.5, 0.6) is 0 Å². The molecule has 0 aromatic carbocycles. The Labute approximate surface area is 113 Å². The summed E-state index contributed by atoms with van der Waals surface area (Å²) in [5.41, 5.74) is 1.95. The van der Waals surface area contributed by atoms with Gasteiger partial charge in [-0.15, -0.1) is 0 Å². The van der Waals surface area contributed by atoms with Crippen molar-refractivity contribution >= 4 is 33.2 Å². The van der Waals surface area contributed by atoms with E-state index in [2.05, 4.69) is 27.1 Å². The zero-order chi connectivity index (χ0) is 11.8. The molecule has 90 valence electrons. The molecule has 2 aromatic heterocycles. The second kappa shape index (κ2) is 4.59. The summed E-state index contributed by atoms with van der Waals surface area (Å²) in [6.45, 7) is 1.66. The van der Waals surface area contributed by atoms with Crippen LogP contribution in [0.3, 0.4) is 0 Å². The predicted octanol–water partition coefficient (Wildman–Crippen LogP) is 3.64. The molecule has 0 amide bonds. The van der Waals surface area contributed by atoms with Crippen LogP contribution in [-0.4, -0.2) is 22.6 Å². The molecular weight excluding hydrogens is 304 g/mol. The lowest BCUT2D eigenvalue weighted by molar-refractivity contribution is 0.0846. The van der Waals surface area contributed by atoms with Gasteiger partial charge in [0.05, 0.1) is 10.7 Å². The topological polar surface area (TPSA) is 26.5 Å². The molecule has 2 aromatic rings. The van der Waals surface area contributed by atoms with Crippen molar-refractivity contribution in [3.05, 3.63) is 33.6 Å². The number of pyridine rings is 1. The van der Waals surface area contributed by atoms with Crippen LogP contribution in [0.25, 0.3) is 5.65 Å². The molecule has 1 saturated heterocycles. The maximum absolute atomic E-state index is 6.18. The lowest BCUT2D eigenvalue weighted by Crippen LogP contribution is -2.14. The van der Waals surface area contributed by atoms with E-state index in [-0.39, 0.29) is 0 Å². The molecule has 0 atom stereocenters. The van der Waals surface area contributed by atoms with Gasteiger partial charge in [-0.05, 0) is 34.8 Å². The van der Waals surface area contributed by atoms with Gasteiger partial charge in [-0.25, -0.2) is 4.98 Å².